The molecule has 0 atom stereocenters. The second-order valence-electron chi connectivity index (χ2n) is 2.98. The van der Waals surface area contributed by atoms with Crippen molar-refractivity contribution >= 4 is 12.2 Å². The minimum Gasteiger partial charge on any atom is -0.244 e. The number of rotatable bonds is 2. The summed E-state index contributed by atoms with van der Waals surface area (Å²) in [5.74, 6) is 0.519. The molecule has 1 aromatic carbocycles. The number of nitrogens with zero attached hydrogens (tertiary/aromatic N) is 3. The van der Waals surface area contributed by atoms with Gasteiger partial charge in [-0.05, 0) is 12.5 Å². The van der Waals surface area contributed by atoms with Gasteiger partial charge in [0.25, 0.3) is 0 Å². The molecule has 0 aliphatic heterocycles. The van der Waals surface area contributed by atoms with Crippen molar-refractivity contribution in [3.63, 3.8) is 0 Å². The average molecular weight is 186 g/mol. The number of aromatic nitrogens is 3. The monoisotopic (exact) mass is 186 g/mol. The van der Waals surface area contributed by atoms with Crippen molar-refractivity contribution in [1.82, 2.24) is 15.2 Å². The normalized spacial score (nSPS) is 10.9. The van der Waals surface area contributed by atoms with Crippen LogP contribution in [0.5, 0.6) is 0 Å². The molecule has 1 aromatic heterocycles. The second-order valence-corrected chi connectivity index (χ2v) is 2.98. The maximum atomic E-state index is 4.11. The molecule has 0 amide bonds. The summed E-state index contributed by atoms with van der Waals surface area (Å²) in [5.41, 5.74) is 2.29. The van der Waals surface area contributed by atoms with Gasteiger partial charge < -0.3 is 0 Å². The molecule has 0 aliphatic rings. The first kappa shape index (κ1) is 8.62. The molecule has 0 saturated heterocycles. The van der Waals surface area contributed by atoms with Crippen LogP contribution in [0.3, 0.4) is 0 Å². The zero-order valence-electron chi connectivity index (χ0n) is 7.81. The zero-order valence-corrected chi connectivity index (χ0v) is 7.81. The summed E-state index contributed by atoms with van der Waals surface area (Å²) in [6.07, 6.45) is 3.18. The van der Waals surface area contributed by atoms with Gasteiger partial charge >= 0.3 is 0 Å². The molecule has 0 spiro atoms. The molecule has 70 valence electrons. The average Bonchev–Trinajstić information content (AvgIpc) is 2.70. The van der Waals surface area contributed by atoms with Crippen LogP contribution in [0.2, 0.25) is 0 Å². The van der Waals surface area contributed by atoms with Crippen LogP contribution in [0, 0.1) is 6.92 Å². The van der Waals surface area contributed by atoms with E-state index in [9.17, 15) is 0 Å². The van der Waals surface area contributed by atoms with Crippen molar-refractivity contribution in [1.29, 1.82) is 0 Å². The Morgan fingerprint density at radius 3 is 2.71 bits per heavy atom. The van der Waals surface area contributed by atoms with Gasteiger partial charge in [0.15, 0.2) is 0 Å². The van der Waals surface area contributed by atoms with Gasteiger partial charge in [-0.25, -0.2) is 10.1 Å². The van der Waals surface area contributed by atoms with Gasteiger partial charge in [0.05, 0.1) is 0 Å². The highest BCUT2D eigenvalue weighted by molar-refractivity contribution is 5.81. The number of aryl methyl sites for hydroxylation is 1. The molecule has 2 rings (SSSR count). The molecule has 0 aliphatic carbocycles. The molecular weight excluding hydrogens is 176 g/mol. The van der Waals surface area contributed by atoms with Gasteiger partial charge in [-0.3, -0.25) is 0 Å². The van der Waals surface area contributed by atoms with Crippen LogP contribution in [0.25, 0.3) is 0 Å². The van der Waals surface area contributed by atoms with Crippen molar-refractivity contribution in [3.05, 3.63) is 41.7 Å². The lowest BCUT2D eigenvalue weighted by molar-refractivity contribution is 1.08. The van der Waals surface area contributed by atoms with E-state index in [2.05, 4.69) is 27.1 Å². The first-order valence-corrected chi connectivity index (χ1v) is 4.31. The highest BCUT2D eigenvalue weighted by Crippen LogP contribution is 2.03. The topological polar surface area (TPSA) is 53.9 Å². The van der Waals surface area contributed by atoms with Crippen LogP contribution in [-0.4, -0.2) is 21.4 Å². The van der Waals surface area contributed by atoms with Crippen molar-refractivity contribution in [3.8, 4) is 0 Å². The predicted molar refractivity (Wildman–Crippen MR) is 54.8 cm³/mol. The van der Waals surface area contributed by atoms with Gasteiger partial charge in [0.1, 0.15) is 6.33 Å². The molecule has 4 nitrogen and oxygen atoms in total. The quantitative estimate of drug-likeness (QED) is 0.728. The molecule has 0 unspecified atom stereocenters. The third-order valence-corrected chi connectivity index (χ3v) is 1.82. The number of aliphatic imine (C=N–C) groups is 1. The fourth-order valence-electron chi connectivity index (χ4n) is 1.05. The Morgan fingerprint density at radius 2 is 2.07 bits per heavy atom. The SMILES string of the molecule is Cc1ccc(C=Nc2ncn[nH]2)cc1. The van der Waals surface area contributed by atoms with Crippen LogP contribution in [0.1, 0.15) is 11.1 Å². The Balaban J connectivity index is 2.15. The summed E-state index contributed by atoms with van der Waals surface area (Å²) in [5, 5.41) is 6.36. The van der Waals surface area contributed by atoms with Gasteiger partial charge in [-0.15, -0.1) is 0 Å². The summed E-state index contributed by atoms with van der Waals surface area (Å²) in [6, 6.07) is 8.11. The van der Waals surface area contributed by atoms with E-state index in [1.807, 2.05) is 24.3 Å². The van der Waals surface area contributed by atoms with Crippen LogP contribution in [0.4, 0.5) is 5.95 Å². The van der Waals surface area contributed by atoms with E-state index in [1.54, 1.807) is 6.21 Å². The number of aromatic amines is 1. The number of hydrogen-bond acceptors (Lipinski definition) is 3. The summed E-state index contributed by atoms with van der Waals surface area (Å²) in [6.45, 7) is 2.05. The highest BCUT2D eigenvalue weighted by Gasteiger charge is 1.89. The van der Waals surface area contributed by atoms with Gasteiger partial charge in [-0.1, -0.05) is 29.8 Å². The lowest BCUT2D eigenvalue weighted by Gasteiger charge is -1.92. The van der Waals surface area contributed by atoms with Crippen molar-refractivity contribution in [2.75, 3.05) is 0 Å². The minimum atomic E-state index is 0.519. The Labute approximate surface area is 81.7 Å². The fraction of sp³-hybridized carbons (Fsp3) is 0.100. The lowest BCUT2D eigenvalue weighted by atomic mass is 10.2. The molecule has 1 heterocycles. The summed E-state index contributed by atoms with van der Waals surface area (Å²) in [7, 11) is 0. The van der Waals surface area contributed by atoms with E-state index < -0.39 is 0 Å². The van der Waals surface area contributed by atoms with E-state index in [4.69, 9.17) is 0 Å². The Morgan fingerprint density at radius 1 is 1.29 bits per heavy atom. The van der Waals surface area contributed by atoms with Gasteiger partial charge in [0, 0.05) is 6.21 Å². The first-order valence-electron chi connectivity index (χ1n) is 4.31. The first-order chi connectivity index (χ1) is 6.84. The molecule has 0 saturated carbocycles. The molecule has 1 N–H and O–H groups in total. The minimum absolute atomic E-state index is 0.519. The number of hydrogen-bond donors (Lipinski definition) is 1. The number of H-pyrrole nitrogens is 1. The summed E-state index contributed by atoms with van der Waals surface area (Å²) in [4.78, 5) is 8.00. The number of benzene rings is 1. The van der Waals surface area contributed by atoms with E-state index in [0.717, 1.165) is 5.56 Å². The fourth-order valence-corrected chi connectivity index (χ4v) is 1.05. The van der Waals surface area contributed by atoms with Gasteiger partial charge in [-0.2, -0.15) is 10.1 Å². The van der Waals surface area contributed by atoms with Crippen molar-refractivity contribution in [2.45, 2.75) is 6.92 Å². The van der Waals surface area contributed by atoms with Gasteiger partial charge in [0.2, 0.25) is 5.95 Å². The van der Waals surface area contributed by atoms with Crippen molar-refractivity contribution in [2.24, 2.45) is 4.99 Å². The molecule has 2 aromatic rings. The molecule has 4 heteroatoms. The summed E-state index contributed by atoms with van der Waals surface area (Å²) >= 11 is 0. The Hall–Kier alpha value is -1.97. The molecular formula is C10H10N4. The number of nitrogens with one attached hydrogen (secondary N) is 1. The largest absolute Gasteiger partial charge is 0.245 e. The summed E-state index contributed by atoms with van der Waals surface area (Å²) < 4.78 is 0. The highest BCUT2D eigenvalue weighted by atomic mass is 15.2. The van der Waals surface area contributed by atoms with Crippen LogP contribution >= 0.6 is 0 Å². The van der Waals surface area contributed by atoms with Crippen molar-refractivity contribution < 1.29 is 0 Å². The third-order valence-electron chi connectivity index (χ3n) is 1.82. The van der Waals surface area contributed by atoms with Crippen LogP contribution in [-0.2, 0) is 0 Å². The zero-order chi connectivity index (χ0) is 9.80. The van der Waals surface area contributed by atoms with Crippen LogP contribution in [0.15, 0.2) is 35.6 Å². The molecule has 0 fully saturated rings. The standard InChI is InChI=1S/C10H10N4/c1-8-2-4-9(5-3-8)6-11-10-12-7-13-14-10/h2-7H,1H3,(H,12,13,14). The Bertz CT molecular complexity index is 414. The van der Waals surface area contributed by atoms with E-state index in [1.165, 1.54) is 11.9 Å². The van der Waals surface area contributed by atoms with Crippen LogP contribution < -0.4 is 0 Å². The predicted octanol–water partition coefficient (Wildman–Crippen LogP) is 1.86. The maximum Gasteiger partial charge on any atom is 0.245 e. The Kier molecular flexibility index (Phi) is 2.36. The smallest absolute Gasteiger partial charge is 0.244 e. The molecule has 0 bridgehead atoms. The maximum absolute atomic E-state index is 4.11. The second kappa shape index (κ2) is 3.83. The molecule has 14 heavy (non-hydrogen) atoms. The molecule has 0 radical (unpaired) electrons. The van der Waals surface area contributed by atoms with E-state index >= 15 is 0 Å². The van der Waals surface area contributed by atoms with E-state index in [0.29, 0.717) is 5.95 Å². The lowest BCUT2D eigenvalue weighted by Crippen LogP contribution is -1.80. The third kappa shape index (κ3) is 2.04. The van der Waals surface area contributed by atoms with E-state index in [-0.39, 0.29) is 0 Å².